The van der Waals surface area contributed by atoms with Gasteiger partial charge in [0.2, 0.25) is 10.0 Å². The first-order valence-electron chi connectivity index (χ1n) is 7.67. The fraction of sp³-hybridized carbons (Fsp3) is 0.600. The molecule has 3 saturated heterocycles. The summed E-state index contributed by atoms with van der Waals surface area (Å²) in [7, 11) is -3.42. The second kappa shape index (κ2) is 5.94. The SMILES string of the molecule is CCNc1ccc(S(=O)(=O)NC2CN3CCC2CC3)cc1. The first-order valence-corrected chi connectivity index (χ1v) is 9.15. The van der Waals surface area contributed by atoms with Crippen LogP contribution in [0.1, 0.15) is 19.8 Å². The molecule has 6 heteroatoms. The van der Waals surface area contributed by atoms with E-state index in [1.807, 2.05) is 19.1 Å². The topological polar surface area (TPSA) is 61.4 Å². The number of nitrogens with one attached hydrogen (secondary N) is 2. The van der Waals surface area contributed by atoms with Crippen LogP contribution < -0.4 is 10.0 Å². The zero-order valence-corrected chi connectivity index (χ0v) is 13.2. The highest BCUT2D eigenvalue weighted by molar-refractivity contribution is 7.89. The van der Waals surface area contributed by atoms with Gasteiger partial charge in [0.05, 0.1) is 4.90 Å². The molecule has 0 aliphatic carbocycles. The van der Waals surface area contributed by atoms with Crippen molar-refractivity contribution in [3.8, 4) is 0 Å². The van der Waals surface area contributed by atoms with Crippen LogP contribution in [0.5, 0.6) is 0 Å². The molecule has 0 aromatic heterocycles. The Bertz CT molecular complexity index is 577. The van der Waals surface area contributed by atoms with Gasteiger partial charge in [0.15, 0.2) is 0 Å². The van der Waals surface area contributed by atoms with Gasteiger partial charge in [-0.15, -0.1) is 0 Å². The molecule has 1 atom stereocenters. The summed E-state index contributed by atoms with van der Waals surface area (Å²) in [6.07, 6.45) is 2.21. The summed E-state index contributed by atoms with van der Waals surface area (Å²) < 4.78 is 27.9. The summed E-state index contributed by atoms with van der Waals surface area (Å²) in [5.74, 6) is 0.491. The van der Waals surface area contributed by atoms with E-state index in [2.05, 4.69) is 14.9 Å². The van der Waals surface area contributed by atoms with Crippen LogP contribution in [0.3, 0.4) is 0 Å². The quantitative estimate of drug-likeness (QED) is 0.865. The monoisotopic (exact) mass is 309 g/mol. The number of sulfonamides is 1. The van der Waals surface area contributed by atoms with Gasteiger partial charge in [0.25, 0.3) is 0 Å². The van der Waals surface area contributed by atoms with Crippen molar-refractivity contribution < 1.29 is 8.42 Å². The highest BCUT2D eigenvalue weighted by atomic mass is 32.2. The predicted octanol–water partition coefficient (Wildman–Crippen LogP) is 1.49. The molecule has 3 aliphatic heterocycles. The molecule has 116 valence electrons. The Labute approximate surface area is 126 Å². The molecule has 0 spiro atoms. The Balaban J connectivity index is 1.71. The Kier molecular flexibility index (Phi) is 4.19. The van der Waals surface area contributed by atoms with E-state index in [4.69, 9.17) is 0 Å². The number of hydrogen-bond donors (Lipinski definition) is 2. The van der Waals surface area contributed by atoms with Crippen LogP contribution in [0, 0.1) is 5.92 Å². The largest absolute Gasteiger partial charge is 0.385 e. The minimum atomic E-state index is -3.42. The first-order chi connectivity index (χ1) is 10.1. The van der Waals surface area contributed by atoms with Gasteiger partial charge in [0.1, 0.15) is 0 Å². The van der Waals surface area contributed by atoms with Crippen molar-refractivity contribution in [2.24, 2.45) is 5.92 Å². The molecule has 2 bridgehead atoms. The summed E-state index contributed by atoms with van der Waals surface area (Å²) in [6.45, 7) is 5.91. The number of fused-ring (bicyclic) bond motifs is 3. The molecular weight excluding hydrogens is 286 g/mol. The molecule has 3 heterocycles. The van der Waals surface area contributed by atoms with Gasteiger partial charge in [-0.3, -0.25) is 0 Å². The molecule has 3 fully saturated rings. The molecule has 3 aliphatic rings. The number of piperidine rings is 3. The minimum Gasteiger partial charge on any atom is -0.385 e. The summed E-state index contributed by atoms with van der Waals surface area (Å²) in [6, 6.07) is 7.03. The van der Waals surface area contributed by atoms with Crippen LogP contribution in [-0.4, -0.2) is 45.5 Å². The Morgan fingerprint density at radius 3 is 2.38 bits per heavy atom. The van der Waals surface area contributed by atoms with Crippen LogP contribution in [0.4, 0.5) is 5.69 Å². The third-order valence-corrected chi connectivity index (χ3v) is 6.01. The van der Waals surface area contributed by atoms with E-state index in [1.165, 1.54) is 0 Å². The van der Waals surface area contributed by atoms with E-state index in [1.54, 1.807) is 12.1 Å². The molecule has 0 amide bonds. The Morgan fingerprint density at radius 1 is 1.19 bits per heavy atom. The maximum absolute atomic E-state index is 12.5. The normalized spacial score (nSPS) is 28.5. The molecule has 1 unspecified atom stereocenters. The molecule has 0 saturated carbocycles. The molecule has 2 N–H and O–H groups in total. The van der Waals surface area contributed by atoms with Crippen molar-refractivity contribution in [3.05, 3.63) is 24.3 Å². The van der Waals surface area contributed by atoms with E-state index in [0.717, 1.165) is 44.7 Å². The van der Waals surface area contributed by atoms with Crippen molar-refractivity contribution in [2.45, 2.75) is 30.7 Å². The van der Waals surface area contributed by atoms with Crippen LogP contribution in [-0.2, 0) is 10.0 Å². The molecule has 0 radical (unpaired) electrons. The van der Waals surface area contributed by atoms with Crippen molar-refractivity contribution in [3.63, 3.8) is 0 Å². The third-order valence-electron chi connectivity index (χ3n) is 4.51. The zero-order valence-electron chi connectivity index (χ0n) is 12.4. The van der Waals surface area contributed by atoms with Crippen LogP contribution in [0.25, 0.3) is 0 Å². The minimum absolute atomic E-state index is 0.0611. The van der Waals surface area contributed by atoms with Crippen LogP contribution in [0.15, 0.2) is 29.2 Å². The Hall–Kier alpha value is -1.11. The highest BCUT2D eigenvalue weighted by Crippen LogP contribution is 2.28. The molecule has 1 aromatic carbocycles. The van der Waals surface area contributed by atoms with Gasteiger partial charge in [-0.05, 0) is 63.0 Å². The van der Waals surface area contributed by atoms with Crippen molar-refractivity contribution >= 4 is 15.7 Å². The van der Waals surface area contributed by atoms with Gasteiger partial charge in [-0.2, -0.15) is 0 Å². The maximum Gasteiger partial charge on any atom is 0.240 e. The number of benzene rings is 1. The van der Waals surface area contributed by atoms with E-state index in [0.29, 0.717) is 10.8 Å². The molecule has 4 rings (SSSR count). The lowest BCUT2D eigenvalue weighted by Crippen LogP contribution is -2.57. The van der Waals surface area contributed by atoms with Gasteiger partial charge >= 0.3 is 0 Å². The van der Waals surface area contributed by atoms with Gasteiger partial charge in [0, 0.05) is 24.8 Å². The molecule has 21 heavy (non-hydrogen) atoms. The summed E-state index contributed by atoms with van der Waals surface area (Å²) in [5, 5.41) is 3.17. The first kappa shape index (κ1) is 14.8. The average Bonchev–Trinajstić information content (AvgIpc) is 2.49. The van der Waals surface area contributed by atoms with Gasteiger partial charge in [-0.1, -0.05) is 0 Å². The van der Waals surface area contributed by atoms with Crippen LogP contribution >= 0.6 is 0 Å². The summed E-state index contributed by atoms with van der Waals surface area (Å²) in [5.41, 5.74) is 0.944. The number of rotatable bonds is 5. The predicted molar refractivity (Wildman–Crippen MR) is 83.9 cm³/mol. The lowest BCUT2D eigenvalue weighted by molar-refractivity contribution is 0.0827. The van der Waals surface area contributed by atoms with Crippen LogP contribution in [0.2, 0.25) is 0 Å². The van der Waals surface area contributed by atoms with E-state index < -0.39 is 10.0 Å². The summed E-state index contributed by atoms with van der Waals surface area (Å²) in [4.78, 5) is 2.70. The number of anilines is 1. The van der Waals surface area contributed by atoms with Gasteiger partial charge in [-0.25, -0.2) is 13.1 Å². The fourth-order valence-electron chi connectivity index (χ4n) is 3.32. The van der Waals surface area contributed by atoms with Crippen molar-refractivity contribution in [1.29, 1.82) is 0 Å². The second-order valence-corrected chi connectivity index (χ2v) is 7.63. The van der Waals surface area contributed by atoms with Crippen molar-refractivity contribution in [2.75, 3.05) is 31.5 Å². The number of hydrogen-bond acceptors (Lipinski definition) is 4. The molecular formula is C15H23N3O2S. The van der Waals surface area contributed by atoms with Gasteiger partial charge < -0.3 is 10.2 Å². The van der Waals surface area contributed by atoms with E-state index in [9.17, 15) is 8.42 Å². The second-order valence-electron chi connectivity index (χ2n) is 5.92. The lowest BCUT2D eigenvalue weighted by atomic mass is 9.85. The summed E-state index contributed by atoms with van der Waals surface area (Å²) >= 11 is 0. The average molecular weight is 309 g/mol. The Morgan fingerprint density at radius 2 is 1.86 bits per heavy atom. The molecule has 1 aromatic rings. The van der Waals surface area contributed by atoms with E-state index in [-0.39, 0.29) is 6.04 Å². The smallest absolute Gasteiger partial charge is 0.240 e. The molecule has 5 nitrogen and oxygen atoms in total. The van der Waals surface area contributed by atoms with Crippen molar-refractivity contribution in [1.82, 2.24) is 9.62 Å². The highest BCUT2D eigenvalue weighted by Gasteiger charge is 2.36. The standard InChI is InChI=1S/C15H23N3O2S/c1-2-16-13-3-5-14(6-4-13)21(19,20)17-15-11-18-9-7-12(15)8-10-18/h3-6,12,15-17H,2,7-11H2,1H3. The maximum atomic E-state index is 12.5. The fourth-order valence-corrected chi connectivity index (χ4v) is 4.62. The third kappa shape index (κ3) is 3.22. The lowest BCUT2D eigenvalue weighted by Gasteiger charge is -2.44. The van der Waals surface area contributed by atoms with E-state index >= 15 is 0 Å². The number of nitrogens with zero attached hydrogens (tertiary/aromatic N) is 1. The zero-order chi connectivity index (χ0) is 14.9.